The first-order valence-corrected chi connectivity index (χ1v) is 9.14. The number of anilines is 1. The Hall–Kier alpha value is -2.45. The van der Waals surface area contributed by atoms with Crippen molar-refractivity contribution in [2.24, 2.45) is 0 Å². The number of halogens is 1. The van der Waals surface area contributed by atoms with Crippen LogP contribution in [0.15, 0.2) is 58.9 Å². The van der Waals surface area contributed by atoms with Gasteiger partial charge in [0.25, 0.3) is 0 Å². The second-order valence-electron chi connectivity index (χ2n) is 5.16. The van der Waals surface area contributed by atoms with Gasteiger partial charge < -0.3 is 11.1 Å². The lowest BCUT2D eigenvalue weighted by molar-refractivity contribution is -0.120. The first kappa shape index (κ1) is 17.4. The van der Waals surface area contributed by atoms with Gasteiger partial charge in [0.05, 0.1) is 0 Å². The number of hydrogen-bond donors (Lipinski definition) is 2. The molecular formula is C17H15FN4OS2. The summed E-state index contributed by atoms with van der Waals surface area (Å²) < 4.78 is 13.6. The second kappa shape index (κ2) is 8.09. The lowest BCUT2D eigenvalue weighted by Gasteiger charge is -2.15. The van der Waals surface area contributed by atoms with E-state index in [4.69, 9.17) is 5.73 Å². The lowest BCUT2D eigenvalue weighted by Crippen LogP contribution is -2.27. The van der Waals surface area contributed by atoms with E-state index in [-0.39, 0.29) is 11.7 Å². The van der Waals surface area contributed by atoms with Crippen LogP contribution in [0.4, 0.5) is 9.52 Å². The van der Waals surface area contributed by atoms with Crippen LogP contribution in [-0.2, 0) is 11.3 Å². The van der Waals surface area contributed by atoms with Crippen molar-refractivity contribution >= 4 is 34.1 Å². The maximum atomic E-state index is 13.0. The molecule has 0 spiro atoms. The van der Waals surface area contributed by atoms with Crippen molar-refractivity contribution in [2.45, 2.75) is 16.1 Å². The summed E-state index contributed by atoms with van der Waals surface area (Å²) in [6.07, 6.45) is 0. The van der Waals surface area contributed by atoms with Gasteiger partial charge in [-0.25, -0.2) is 4.39 Å². The molecular weight excluding hydrogens is 359 g/mol. The van der Waals surface area contributed by atoms with Crippen LogP contribution in [-0.4, -0.2) is 16.1 Å². The summed E-state index contributed by atoms with van der Waals surface area (Å²) in [5.41, 5.74) is 7.30. The molecule has 0 fully saturated rings. The highest BCUT2D eigenvalue weighted by Crippen LogP contribution is 2.37. The molecule has 0 aliphatic rings. The molecule has 2 aromatic carbocycles. The Morgan fingerprint density at radius 2 is 1.88 bits per heavy atom. The Balaban J connectivity index is 1.73. The number of rotatable bonds is 6. The van der Waals surface area contributed by atoms with Gasteiger partial charge in [-0.15, -0.1) is 10.2 Å². The van der Waals surface area contributed by atoms with Crippen LogP contribution in [0.3, 0.4) is 0 Å². The van der Waals surface area contributed by atoms with Crippen molar-refractivity contribution in [2.75, 3.05) is 5.73 Å². The average molecular weight is 374 g/mol. The molecule has 0 aliphatic carbocycles. The van der Waals surface area contributed by atoms with Gasteiger partial charge in [-0.2, -0.15) is 0 Å². The number of aromatic nitrogens is 2. The highest BCUT2D eigenvalue weighted by molar-refractivity contribution is 8.01. The maximum absolute atomic E-state index is 13.0. The number of carbonyl (C=O) groups is 1. The zero-order valence-corrected chi connectivity index (χ0v) is 14.7. The molecule has 3 aromatic rings. The van der Waals surface area contributed by atoms with E-state index in [1.165, 1.54) is 35.2 Å². The van der Waals surface area contributed by atoms with Crippen LogP contribution in [0, 0.1) is 5.82 Å². The van der Waals surface area contributed by atoms with Crippen molar-refractivity contribution in [3.8, 4) is 0 Å². The van der Waals surface area contributed by atoms with E-state index in [0.717, 1.165) is 11.1 Å². The molecule has 0 radical (unpaired) electrons. The molecule has 0 saturated carbocycles. The van der Waals surface area contributed by atoms with Gasteiger partial charge in [-0.05, 0) is 23.3 Å². The molecule has 1 atom stereocenters. The van der Waals surface area contributed by atoms with Crippen LogP contribution in [0.5, 0.6) is 0 Å². The van der Waals surface area contributed by atoms with Gasteiger partial charge in [0.15, 0.2) is 4.34 Å². The highest BCUT2D eigenvalue weighted by Gasteiger charge is 2.23. The normalized spacial score (nSPS) is 11.9. The van der Waals surface area contributed by atoms with Gasteiger partial charge in [-0.3, -0.25) is 4.79 Å². The Bertz CT molecular complexity index is 839. The number of hydrogen-bond acceptors (Lipinski definition) is 6. The Morgan fingerprint density at radius 1 is 1.16 bits per heavy atom. The molecule has 1 heterocycles. The van der Waals surface area contributed by atoms with E-state index in [1.807, 2.05) is 30.3 Å². The van der Waals surface area contributed by atoms with Crippen molar-refractivity contribution in [1.82, 2.24) is 15.5 Å². The van der Waals surface area contributed by atoms with Crippen molar-refractivity contribution < 1.29 is 9.18 Å². The van der Waals surface area contributed by atoms with Gasteiger partial charge in [0.2, 0.25) is 11.0 Å². The monoisotopic (exact) mass is 374 g/mol. The molecule has 5 nitrogen and oxygen atoms in total. The Kier molecular flexibility index (Phi) is 5.62. The van der Waals surface area contributed by atoms with Crippen LogP contribution < -0.4 is 11.1 Å². The van der Waals surface area contributed by atoms with Crippen LogP contribution in [0.25, 0.3) is 0 Å². The van der Waals surface area contributed by atoms with E-state index >= 15 is 0 Å². The summed E-state index contributed by atoms with van der Waals surface area (Å²) in [7, 11) is 0. The SMILES string of the molecule is Nc1nnc(SC(C(=O)NCc2ccc(F)cc2)c2ccccc2)s1. The van der Waals surface area contributed by atoms with E-state index < -0.39 is 5.25 Å². The molecule has 1 unspecified atom stereocenters. The Labute approximate surface area is 152 Å². The fourth-order valence-electron chi connectivity index (χ4n) is 2.15. The average Bonchev–Trinajstić information content (AvgIpc) is 3.05. The molecule has 8 heteroatoms. The first-order chi connectivity index (χ1) is 12.1. The summed E-state index contributed by atoms with van der Waals surface area (Å²) in [5.74, 6) is -0.462. The number of amides is 1. The predicted octanol–water partition coefficient (Wildman–Crippen LogP) is 3.41. The molecule has 3 N–H and O–H groups in total. The van der Waals surface area contributed by atoms with E-state index in [9.17, 15) is 9.18 Å². The highest BCUT2D eigenvalue weighted by atomic mass is 32.2. The third-order valence-electron chi connectivity index (χ3n) is 3.36. The molecule has 0 aliphatic heterocycles. The van der Waals surface area contributed by atoms with Crippen LogP contribution in [0.2, 0.25) is 0 Å². The zero-order valence-electron chi connectivity index (χ0n) is 13.1. The lowest BCUT2D eigenvalue weighted by atomic mass is 10.1. The zero-order chi connectivity index (χ0) is 17.6. The summed E-state index contributed by atoms with van der Waals surface area (Å²) in [6.45, 7) is 0.321. The van der Waals surface area contributed by atoms with E-state index in [2.05, 4.69) is 15.5 Å². The second-order valence-corrected chi connectivity index (χ2v) is 7.52. The minimum atomic E-state index is -0.478. The van der Waals surface area contributed by atoms with Gasteiger partial charge in [0, 0.05) is 6.54 Å². The van der Waals surface area contributed by atoms with Crippen molar-refractivity contribution in [1.29, 1.82) is 0 Å². The Morgan fingerprint density at radius 3 is 2.52 bits per heavy atom. The number of nitrogens with zero attached hydrogens (tertiary/aromatic N) is 2. The van der Waals surface area contributed by atoms with Crippen molar-refractivity contribution in [3.05, 3.63) is 71.5 Å². The van der Waals surface area contributed by atoms with E-state index in [1.54, 1.807) is 12.1 Å². The molecule has 0 saturated heterocycles. The summed E-state index contributed by atoms with van der Waals surface area (Å²) in [6, 6.07) is 15.5. The number of carbonyl (C=O) groups excluding carboxylic acids is 1. The molecule has 3 rings (SSSR count). The largest absolute Gasteiger partial charge is 0.374 e. The summed E-state index contributed by atoms with van der Waals surface area (Å²) in [4.78, 5) is 12.7. The molecule has 1 amide bonds. The van der Waals surface area contributed by atoms with Gasteiger partial charge in [0.1, 0.15) is 11.1 Å². The quantitative estimate of drug-likeness (QED) is 0.646. The molecule has 1 aromatic heterocycles. The number of benzene rings is 2. The number of nitrogens with one attached hydrogen (secondary N) is 1. The van der Waals surface area contributed by atoms with Crippen LogP contribution >= 0.6 is 23.1 Å². The third-order valence-corrected chi connectivity index (χ3v) is 5.45. The first-order valence-electron chi connectivity index (χ1n) is 7.44. The summed E-state index contributed by atoms with van der Waals surface area (Å²) >= 11 is 2.54. The topological polar surface area (TPSA) is 80.9 Å². The predicted molar refractivity (Wildman–Crippen MR) is 97.6 cm³/mol. The van der Waals surface area contributed by atoms with Crippen LogP contribution in [0.1, 0.15) is 16.4 Å². The maximum Gasteiger partial charge on any atom is 0.238 e. The minimum Gasteiger partial charge on any atom is -0.374 e. The smallest absolute Gasteiger partial charge is 0.238 e. The number of nitrogen functional groups attached to an aromatic ring is 1. The fraction of sp³-hybridized carbons (Fsp3) is 0.118. The van der Waals surface area contributed by atoms with Gasteiger partial charge >= 0.3 is 0 Å². The standard InChI is InChI=1S/C17H15FN4OS2/c18-13-8-6-11(7-9-13)10-20-15(23)14(12-4-2-1-3-5-12)24-17-22-21-16(19)25-17/h1-9,14H,10H2,(H2,19,21)(H,20,23). The number of thioether (sulfide) groups is 1. The molecule has 128 valence electrons. The third kappa shape index (κ3) is 4.77. The van der Waals surface area contributed by atoms with Gasteiger partial charge in [-0.1, -0.05) is 65.6 Å². The minimum absolute atomic E-state index is 0.158. The molecule has 25 heavy (non-hydrogen) atoms. The number of nitrogens with two attached hydrogens (primary N) is 1. The van der Waals surface area contributed by atoms with Crippen molar-refractivity contribution in [3.63, 3.8) is 0 Å². The van der Waals surface area contributed by atoms with E-state index in [0.29, 0.717) is 16.0 Å². The summed E-state index contributed by atoms with van der Waals surface area (Å²) in [5, 5.41) is 10.5. The fourth-order valence-corrected chi connectivity index (χ4v) is 4.01. The molecule has 0 bridgehead atoms.